The average Bonchev–Trinajstić information content (AvgIpc) is 2.59. The molecule has 0 bridgehead atoms. The second-order valence-corrected chi connectivity index (χ2v) is 5.45. The summed E-state index contributed by atoms with van der Waals surface area (Å²) in [5, 5.41) is 11.6. The van der Waals surface area contributed by atoms with Crippen LogP contribution in [0.5, 0.6) is 0 Å². The number of hydrogen-bond donors (Lipinski definition) is 2. The molecule has 0 saturated carbocycles. The number of carbonyl (C=O) groups is 3. The number of likely N-dealkylation sites (tertiary alicyclic amines) is 1. The third kappa shape index (κ3) is 4.45. The van der Waals surface area contributed by atoms with Crippen molar-refractivity contribution in [3.8, 4) is 0 Å². The second kappa shape index (κ2) is 7.62. The van der Waals surface area contributed by atoms with Gasteiger partial charge in [0.25, 0.3) is 0 Å². The highest BCUT2D eigenvalue weighted by molar-refractivity contribution is 5.87. The molecule has 1 aromatic rings. The van der Waals surface area contributed by atoms with Crippen LogP contribution in [0.25, 0.3) is 0 Å². The topological polar surface area (TPSA) is 95.9 Å². The molecule has 2 amide bonds. The number of hydrogen-bond acceptors (Lipinski definition) is 4. The van der Waals surface area contributed by atoms with Crippen molar-refractivity contribution in [2.45, 2.75) is 19.4 Å². The number of rotatable bonds is 4. The molecule has 1 heterocycles. The lowest BCUT2D eigenvalue weighted by Gasteiger charge is -2.30. The van der Waals surface area contributed by atoms with Crippen LogP contribution in [0.4, 0.5) is 4.79 Å². The molecule has 0 radical (unpaired) electrons. The molecule has 2 rings (SSSR count). The maximum absolute atomic E-state index is 12.1. The molecule has 1 aliphatic heterocycles. The van der Waals surface area contributed by atoms with E-state index in [9.17, 15) is 14.4 Å². The summed E-state index contributed by atoms with van der Waals surface area (Å²) in [5.74, 6) is -1.33. The minimum Gasteiger partial charge on any atom is -0.478 e. The molecule has 2 N–H and O–H groups in total. The summed E-state index contributed by atoms with van der Waals surface area (Å²) in [6.45, 7) is 1.36. The number of nitrogens with one attached hydrogen (secondary N) is 1. The Morgan fingerprint density at radius 3 is 2.35 bits per heavy atom. The Bertz CT molecular complexity index is 577. The van der Waals surface area contributed by atoms with E-state index in [1.165, 1.54) is 19.2 Å². The molecular formula is C16H20N2O5. The molecule has 1 aromatic carbocycles. The van der Waals surface area contributed by atoms with Crippen molar-refractivity contribution in [2.24, 2.45) is 5.92 Å². The van der Waals surface area contributed by atoms with Crippen LogP contribution in [0.1, 0.15) is 28.8 Å². The van der Waals surface area contributed by atoms with Gasteiger partial charge in [0, 0.05) is 19.6 Å². The molecule has 0 aromatic heterocycles. The van der Waals surface area contributed by atoms with E-state index in [-0.39, 0.29) is 23.5 Å². The molecule has 124 valence electrons. The lowest BCUT2D eigenvalue weighted by atomic mass is 9.97. The summed E-state index contributed by atoms with van der Waals surface area (Å²) in [6.07, 6.45) is 1.21. The molecule has 7 nitrogen and oxygen atoms in total. The van der Waals surface area contributed by atoms with E-state index < -0.39 is 5.97 Å². The third-order valence-electron chi connectivity index (χ3n) is 3.96. The highest BCUT2D eigenvalue weighted by Crippen LogP contribution is 2.18. The quantitative estimate of drug-likeness (QED) is 0.819. The van der Waals surface area contributed by atoms with Gasteiger partial charge in [-0.05, 0) is 30.5 Å². The Hall–Kier alpha value is -2.57. The predicted octanol–water partition coefficient (Wildman–Crippen LogP) is 1.48. The van der Waals surface area contributed by atoms with E-state index in [2.05, 4.69) is 5.32 Å². The Balaban J connectivity index is 1.79. The summed E-state index contributed by atoms with van der Waals surface area (Å²) in [4.78, 5) is 36.0. The first-order valence-electron chi connectivity index (χ1n) is 7.44. The van der Waals surface area contributed by atoms with E-state index in [0.29, 0.717) is 32.5 Å². The minimum atomic E-state index is -0.978. The zero-order chi connectivity index (χ0) is 16.8. The average molecular weight is 320 g/mol. The van der Waals surface area contributed by atoms with Crippen molar-refractivity contribution in [3.05, 3.63) is 35.4 Å². The van der Waals surface area contributed by atoms with Gasteiger partial charge in [0.1, 0.15) is 0 Å². The molecule has 0 spiro atoms. The molecule has 0 atom stereocenters. The first-order chi connectivity index (χ1) is 11.0. The van der Waals surface area contributed by atoms with Crippen LogP contribution in [-0.4, -0.2) is 48.2 Å². The van der Waals surface area contributed by atoms with Gasteiger partial charge in [-0.1, -0.05) is 12.1 Å². The van der Waals surface area contributed by atoms with Crippen LogP contribution in [-0.2, 0) is 16.1 Å². The summed E-state index contributed by atoms with van der Waals surface area (Å²) < 4.78 is 4.72. The number of piperidine rings is 1. The summed E-state index contributed by atoms with van der Waals surface area (Å²) in [6, 6.07) is 6.17. The van der Waals surface area contributed by atoms with Crippen LogP contribution in [0.15, 0.2) is 24.3 Å². The zero-order valence-corrected chi connectivity index (χ0v) is 12.9. The first kappa shape index (κ1) is 16.8. The van der Waals surface area contributed by atoms with Crippen LogP contribution in [0, 0.1) is 5.92 Å². The van der Waals surface area contributed by atoms with Crippen molar-refractivity contribution in [2.75, 3.05) is 20.2 Å². The van der Waals surface area contributed by atoms with Crippen molar-refractivity contribution in [1.82, 2.24) is 10.2 Å². The first-order valence-corrected chi connectivity index (χ1v) is 7.44. The number of amides is 2. The van der Waals surface area contributed by atoms with Crippen LogP contribution in [0.3, 0.4) is 0 Å². The van der Waals surface area contributed by atoms with E-state index in [4.69, 9.17) is 9.84 Å². The highest BCUT2D eigenvalue weighted by Gasteiger charge is 2.27. The van der Waals surface area contributed by atoms with Crippen molar-refractivity contribution < 1.29 is 24.2 Å². The summed E-state index contributed by atoms with van der Waals surface area (Å²) in [7, 11) is 1.37. The third-order valence-corrected chi connectivity index (χ3v) is 3.96. The number of nitrogens with zero attached hydrogens (tertiary/aromatic N) is 1. The lowest BCUT2D eigenvalue weighted by molar-refractivity contribution is -0.146. The Morgan fingerprint density at radius 1 is 1.22 bits per heavy atom. The highest BCUT2D eigenvalue weighted by atomic mass is 16.5. The van der Waals surface area contributed by atoms with Gasteiger partial charge >= 0.3 is 18.0 Å². The predicted molar refractivity (Wildman–Crippen MR) is 82.0 cm³/mol. The molecule has 0 aliphatic carbocycles. The number of aromatic carboxylic acids is 1. The fourth-order valence-electron chi connectivity index (χ4n) is 2.54. The molecule has 0 unspecified atom stereocenters. The van der Waals surface area contributed by atoms with Gasteiger partial charge in [-0.15, -0.1) is 0 Å². The molecule has 7 heteroatoms. The molecular weight excluding hydrogens is 300 g/mol. The summed E-state index contributed by atoms with van der Waals surface area (Å²) in [5.41, 5.74) is 1.04. The maximum atomic E-state index is 12.1. The number of carbonyl (C=O) groups excluding carboxylic acids is 2. The van der Waals surface area contributed by atoms with Crippen LogP contribution < -0.4 is 5.32 Å². The van der Waals surface area contributed by atoms with Gasteiger partial charge in [-0.3, -0.25) is 4.79 Å². The number of urea groups is 1. The number of methoxy groups -OCH3 is 1. The Morgan fingerprint density at radius 2 is 1.83 bits per heavy atom. The molecule has 1 aliphatic rings. The smallest absolute Gasteiger partial charge is 0.335 e. The normalized spacial score (nSPS) is 15.1. The van der Waals surface area contributed by atoms with Gasteiger partial charge in [0.15, 0.2) is 0 Å². The zero-order valence-electron chi connectivity index (χ0n) is 12.9. The fraction of sp³-hybridized carbons (Fsp3) is 0.438. The number of carboxylic acids is 1. The summed E-state index contributed by atoms with van der Waals surface area (Å²) >= 11 is 0. The molecule has 23 heavy (non-hydrogen) atoms. The van der Waals surface area contributed by atoms with E-state index >= 15 is 0 Å². The van der Waals surface area contributed by atoms with Gasteiger partial charge in [-0.2, -0.15) is 0 Å². The monoisotopic (exact) mass is 320 g/mol. The van der Waals surface area contributed by atoms with Crippen LogP contribution >= 0.6 is 0 Å². The van der Waals surface area contributed by atoms with Crippen molar-refractivity contribution in [1.29, 1.82) is 0 Å². The second-order valence-electron chi connectivity index (χ2n) is 5.45. The van der Waals surface area contributed by atoms with Gasteiger partial charge in [-0.25, -0.2) is 9.59 Å². The van der Waals surface area contributed by atoms with Crippen LogP contribution in [0.2, 0.25) is 0 Å². The van der Waals surface area contributed by atoms with Crippen molar-refractivity contribution in [3.63, 3.8) is 0 Å². The number of carboxylic acid groups (broad SMARTS) is 1. The lowest BCUT2D eigenvalue weighted by Crippen LogP contribution is -2.45. The van der Waals surface area contributed by atoms with E-state index in [0.717, 1.165) is 5.56 Å². The van der Waals surface area contributed by atoms with E-state index in [1.54, 1.807) is 17.0 Å². The van der Waals surface area contributed by atoms with Crippen molar-refractivity contribution >= 4 is 18.0 Å². The number of esters is 1. The molecule has 1 saturated heterocycles. The van der Waals surface area contributed by atoms with Gasteiger partial charge < -0.3 is 20.1 Å². The molecule has 1 fully saturated rings. The minimum absolute atomic E-state index is 0.132. The van der Waals surface area contributed by atoms with E-state index in [1.807, 2.05) is 0 Å². The largest absolute Gasteiger partial charge is 0.478 e. The Labute approximate surface area is 134 Å². The number of benzene rings is 1. The number of ether oxygens (including phenoxy) is 1. The Kier molecular flexibility index (Phi) is 5.56. The SMILES string of the molecule is COC(=O)C1CCN(C(=O)NCc2ccc(C(=O)O)cc2)CC1. The van der Waals surface area contributed by atoms with Gasteiger partial charge in [0.05, 0.1) is 18.6 Å². The standard InChI is InChI=1S/C16H20N2O5/c1-23-15(21)13-6-8-18(9-7-13)16(22)17-10-11-2-4-12(5-3-11)14(19)20/h2-5,13H,6-10H2,1H3,(H,17,22)(H,19,20). The maximum Gasteiger partial charge on any atom is 0.335 e. The fourth-order valence-corrected chi connectivity index (χ4v) is 2.54. The van der Waals surface area contributed by atoms with Gasteiger partial charge in [0.2, 0.25) is 0 Å².